The predicted octanol–water partition coefficient (Wildman–Crippen LogP) is 0.392. The maximum atomic E-state index is 12.6. The summed E-state index contributed by atoms with van der Waals surface area (Å²) < 4.78 is 38.1. The lowest BCUT2D eigenvalue weighted by Gasteiger charge is -2.36. The summed E-state index contributed by atoms with van der Waals surface area (Å²) in [5.74, 6) is -0.572. The maximum Gasteiger partial charge on any atom is 0.321 e. The molecule has 122 valence electrons. The van der Waals surface area contributed by atoms with Gasteiger partial charge < -0.3 is 9.47 Å². The Bertz CT molecular complexity index is 455. The van der Waals surface area contributed by atoms with Gasteiger partial charge >= 0.3 is 5.97 Å². The van der Waals surface area contributed by atoms with Crippen molar-refractivity contribution in [2.75, 3.05) is 32.8 Å². The van der Waals surface area contributed by atoms with E-state index in [0.29, 0.717) is 0 Å². The Kier molecular flexibility index (Phi) is 6.79. The highest BCUT2D eigenvalue weighted by Gasteiger charge is 2.35. The molecule has 1 heterocycles. The van der Waals surface area contributed by atoms with Crippen LogP contribution in [0.4, 0.5) is 0 Å². The zero-order valence-electron chi connectivity index (χ0n) is 12.8. The first kappa shape index (κ1) is 18.1. The Morgan fingerprint density at radius 1 is 1.43 bits per heavy atom. The van der Waals surface area contributed by atoms with Gasteiger partial charge in [0, 0.05) is 19.6 Å². The fraction of sp³-hybridized carbons (Fsp3) is 0.769. The van der Waals surface area contributed by atoms with E-state index in [9.17, 15) is 13.2 Å². The highest BCUT2D eigenvalue weighted by atomic mass is 32.2. The number of carbonyl (C=O) groups excluding carboxylic acids is 1. The number of rotatable bonds is 7. The third-order valence-electron chi connectivity index (χ3n) is 2.98. The number of nitrogens with zero attached hydrogens (tertiary/aromatic N) is 2. The van der Waals surface area contributed by atoms with Crippen molar-refractivity contribution in [2.45, 2.75) is 33.0 Å². The Balaban J connectivity index is 2.88. The van der Waals surface area contributed by atoms with E-state index in [1.807, 2.05) is 13.8 Å². The number of hydrogen-bond acceptors (Lipinski definition) is 5. The third kappa shape index (κ3) is 5.06. The molecule has 0 radical (unpaired) electrons. The van der Waals surface area contributed by atoms with Crippen molar-refractivity contribution in [3.63, 3.8) is 0 Å². The zero-order valence-corrected chi connectivity index (χ0v) is 13.6. The smallest absolute Gasteiger partial charge is 0.321 e. The summed E-state index contributed by atoms with van der Waals surface area (Å²) in [7, 11) is -3.75. The Morgan fingerprint density at radius 2 is 2.00 bits per heavy atom. The van der Waals surface area contributed by atoms with Gasteiger partial charge in [-0.25, -0.2) is 0 Å². The molecule has 1 rings (SSSR count). The van der Waals surface area contributed by atoms with Crippen LogP contribution in [0.1, 0.15) is 20.8 Å². The first-order chi connectivity index (χ1) is 9.81. The number of esters is 1. The van der Waals surface area contributed by atoms with Crippen molar-refractivity contribution in [2.24, 2.45) is 0 Å². The van der Waals surface area contributed by atoms with E-state index >= 15 is 0 Å². The predicted molar refractivity (Wildman–Crippen MR) is 78.9 cm³/mol. The standard InChI is InChI=1S/C13H24N2O5S/c1-5-7-14(10-13(16)19-6-2)21(17,18)15-8-11(3)20-12(4)9-15/h5,11-12H,1,6-10H2,2-4H3. The van der Waals surface area contributed by atoms with Crippen LogP contribution in [0.15, 0.2) is 12.7 Å². The highest BCUT2D eigenvalue weighted by molar-refractivity contribution is 7.86. The van der Waals surface area contributed by atoms with E-state index in [1.165, 1.54) is 10.4 Å². The molecule has 21 heavy (non-hydrogen) atoms. The molecule has 8 heteroatoms. The van der Waals surface area contributed by atoms with E-state index in [1.54, 1.807) is 6.92 Å². The monoisotopic (exact) mass is 320 g/mol. The minimum atomic E-state index is -3.75. The Hall–Kier alpha value is -0.960. The van der Waals surface area contributed by atoms with Gasteiger partial charge in [-0.3, -0.25) is 4.79 Å². The fourth-order valence-corrected chi connectivity index (χ4v) is 3.90. The lowest BCUT2D eigenvalue weighted by atomic mass is 10.3. The second-order valence-electron chi connectivity index (χ2n) is 4.97. The van der Waals surface area contributed by atoms with Gasteiger partial charge in [0.2, 0.25) is 0 Å². The van der Waals surface area contributed by atoms with Crippen LogP contribution in [-0.4, -0.2) is 68.0 Å². The van der Waals surface area contributed by atoms with E-state index in [0.717, 1.165) is 4.31 Å². The van der Waals surface area contributed by atoms with Gasteiger partial charge in [-0.05, 0) is 20.8 Å². The molecular weight excluding hydrogens is 296 g/mol. The quantitative estimate of drug-likeness (QED) is 0.501. The van der Waals surface area contributed by atoms with Crippen LogP contribution in [0, 0.1) is 0 Å². The molecule has 0 N–H and O–H groups in total. The molecule has 1 saturated heterocycles. The average Bonchev–Trinajstić information content (AvgIpc) is 2.37. The highest BCUT2D eigenvalue weighted by Crippen LogP contribution is 2.17. The van der Waals surface area contributed by atoms with Crippen molar-refractivity contribution >= 4 is 16.2 Å². The largest absolute Gasteiger partial charge is 0.465 e. The van der Waals surface area contributed by atoms with Gasteiger partial charge in [0.1, 0.15) is 6.54 Å². The maximum absolute atomic E-state index is 12.6. The van der Waals surface area contributed by atoms with E-state index in [-0.39, 0.29) is 45.0 Å². The molecule has 0 aliphatic carbocycles. The molecular formula is C13H24N2O5S. The summed E-state index contributed by atoms with van der Waals surface area (Å²) in [6.07, 6.45) is 1.08. The minimum Gasteiger partial charge on any atom is -0.465 e. The van der Waals surface area contributed by atoms with E-state index in [4.69, 9.17) is 9.47 Å². The number of ether oxygens (including phenoxy) is 2. The molecule has 2 atom stereocenters. The first-order valence-electron chi connectivity index (χ1n) is 6.98. The Labute approximate surface area is 126 Å². The minimum absolute atomic E-state index is 0.0568. The SMILES string of the molecule is C=CCN(CC(=O)OCC)S(=O)(=O)N1CC(C)OC(C)C1. The van der Waals surface area contributed by atoms with Crippen LogP contribution in [-0.2, 0) is 24.5 Å². The van der Waals surface area contributed by atoms with Crippen LogP contribution in [0.2, 0.25) is 0 Å². The van der Waals surface area contributed by atoms with Crippen LogP contribution < -0.4 is 0 Å². The topological polar surface area (TPSA) is 76.2 Å². The second kappa shape index (κ2) is 7.88. The molecule has 7 nitrogen and oxygen atoms in total. The van der Waals surface area contributed by atoms with Gasteiger partial charge in [0.15, 0.2) is 0 Å². The lowest BCUT2D eigenvalue weighted by molar-refractivity contribution is -0.143. The number of hydrogen-bond donors (Lipinski definition) is 0. The fourth-order valence-electron chi connectivity index (χ4n) is 2.22. The molecule has 1 aliphatic heterocycles. The van der Waals surface area contributed by atoms with Crippen LogP contribution >= 0.6 is 0 Å². The van der Waals surface area contributed by atoms with Crippen molar-refractivity contribution < 1.29 is 22.7 Å². The van der Waals surface area contributed by atoms with Gasteiger partial charge in [0.05, 0.1) is 18.8 Å². The Morgan fingerprint density at radius 3 is 2.48 bits per heavy atom. The summed E-state index contributed by atoms with van der Waals surface area (Å²) >= 11 is 0. The van der Waals surface area contributed by atoms with Crippen LogP contribution in [0.3, 0.4) is 0 Å². The summed E-state index contributed by atoms with van der Waals surface area (Å²) in [4.78, 5) is 11.6. The molecule has 1 aliphatic rings. The summed E-state index contributed by atoms with van der Waals surface area (Å²) in [6.45, 7) is 9.35. The van der Waals surface area contributed by atoms with Crippen molar-refractivity contribution in [3.05, 3.63) is 12.7 Å². The van der Waals surface area contributed by atoms with E-state index < -0.39 is 16.2 Å². The molecule has 0 aromatic carbocycles. The van der Waals surface area contributed by atoms with Crippen LogP contribution in [0.5, 0.6) is 0 Å². The number of carbonyl (C=O) groups is 1. The van der Waals surface area contributed by atoms with Gasteiger partial charge in [-0.1, -0.05) is 6.08 Å². The van der Waals surface area contributed by atoms with Crippen molar-refractivity contribution in [3.8, 4) is 0 Å². The molecule has 2 unspecified atom stereocenters. The zero-order chi connectivity index (χ0) is 16.0. The first-order valence-corrected chi connectivity index (χ1v) is 8.38. The van der Waals surface area contributed by atoms with Crippen molar-refractivity contribution in [1.29, 1.82) is 0 Å². The summed E-state index contributed by atoms with van der Waals surface area (Å²) in [5, 5.41) is 0. The summed E-state index contributed by atoms with van der Waals surface area (Å²) in [5.41, 5.74) is 0. The van der Waals surface area contributed by atoms with Gasteiger partial charge in [-0.15, -0.1) is 6.58 Å². The van der Waals surface area contributed by atoms with Crippen molar-refractivity contribution in [1.82, 2.24) is 8.61 Å². The van der Waals surface area contributed by atoms with E-state index in [2.05, 4.69) is 6.58 Å². The molecule has 1 fully saturated rings. The van der Waals surface area contributed by atoms with Crippen LogP contribution in [0.25, 0.3) is 0 Å². The molecule has 0 aromatic rings. The summed E-state index contributed by atoms with van der Waals surface area (Å²) in [6, 6.07) is 0. The second-order valence-corrected chi connectivity index (χ2v) is 6.90. The molecule has 0 bridgehead atoms. The number of morpholine rings is 1. The lowest BCUT2D eigenvalue weighted by Crippen LogP contribution is -2.54. The normalized spacial score (nSPS) is 24.0. The van der Waals surface area contributed by atoms with Gasteiger partial charge in [0.25, 0.3) is 10.2 Å². The average molecular weight is 320 g/mol. The third-order valence-corrected chi connectivity index (χ3v) is 4.86. The molecule has 0 spiro atoms. The molecule has 0 aromatic heterocycles. The molecule has 0 amide bonds. The van der Waals surface area contributed by atoms with Gasteiger partial charge in [-0.2, -0.15) is 17.0 Å². The molecule has 0 saturated carbocycles.